The first-order chi connectivity index (χ1) is 9.52. The minimum atomic E-state index is -0.305. The van der Waals surface area contributed by atoms with Crippen LogP contribution in [0.2, 0.25) is 0 Å². The van der Waals surface area contributed by atoms with Crippen molar-refractivity contribution in [2.45, 2.75) is 6.61 Å². The van der Waals surface area contributed by atoms with Crippen LogP contribution in [0.3, 0.4) is 0 Å². The van der Waals surface area contributed by atoms with Gasteiger partial charge in [0.1, 0.15) is 23.9 Å². The molecule has 0 heterocycles. The highest BCUT2D eigenvalue weighted by Crippen LogP contribution is 2.36. The lowest BCUT2D eigenvalue weighted by atomic mass is 10.2. The van der Waals surface area contributed by atoms with E-state index in [0.29, 0.717) is 16.0 Å². The van der Waals surface area contributed by atoms with Crippen molar-refractivity contribution in [2.24, 2.45) is 0 Å². The first-order valence-electron chi connectivity index (χ1n) is 5.61. The van der Waals surface area contributed by atoms with Crippen molar-refractivity contribution in [1.82, 2.24) is 0 Å². The second-order valence-electron chi connectivity index (χ2n) is 3.92. The van der Waals surface area contributed by atoms with E-state index < -0.39 is 0 Å². The lowest BCUT2D eigenvalue weighted by Gasteiger charge is -2.12. The van der Waals surface area contributed by atoms with E-state index in [2.05, 4.69) is 47.8 Å². The molecule has 0 saturated heterocycles. The van der Waals surface area contributed by atoms with Crippen LogP contribution in [0, 0.1) is 5.82 Å². The monoisotopic (exact) mass is 466 g/mol. The van der Waals surface area contributed by atoms with Crippen molar-refractivity contribution in [3.8, 4) is 11.5 Å². The third kappa shape index (κ3) is 3.54. The van der Waals surface area contributed by atoms with Crippen LogP contribution in [0.15, 0.2) is 43.7 Å². The van der Waals surface area contributed by atoms with Gasteiger partial charge in [0.2, 0.25) is 0 Å². The summed E-state index contributed by atoms with van der Waals surface area (Å²) in [5, 5.41) is 0. The number of hydrogen-bond acceptors (Lipinski definition) is 2. The molecule has 0 aliphatic heterocycles. The van der Waals surface area contributed by atoms with E-state index >= 15 is 0 Å². The first kappa shape index (κ1) is 15.8. The Bertz CT molecular complexity index is 632. The minimum absolute atomic E-state index is 0.260. The van der Waals surface area contributed by atoms with Crippen molar-refractivity contribution >= 4 is 47.8 Å². The Labute approximate surface area is 141 Å². The molecule has 0 unspecified atom stereocenters. The number of ether oxygens (including phenoxy) is 2. The molecule has 0 N–H and O–H groups in total. The van der Waals surface area contributed by atoms with Crippen LogP contribution < -0.4 is 9.47 Å². The van der Waals surface area contributed by atoms with Crippen LogP contribution in [0.1, 0.15) is 5.56 Å². The van der Waals surface area contributed by atoms with Crippen LogP contribution >= 0.6 is 47.8 Å². The Morgan fingerprint density at radius 1 is 1.05 bits per heavy atom. The fourth-order valence-corrected chi connectivity index (χ4v) is 2.89. The van der Waals surface area contributed by atoms with Gasteiger partial charge in [0, 0.05) is 5.56 Å². The van der Waals surface area contributed by atoms with Gasteiger partial charge >= 0.3 is 0 Å². The molecule has 2 aromatic rings. The van der Waals surface area contributed by atoms with E-state index in [4.69, 9.17) is 9.47 Å². The summed E-state index contributed by atoms with van der Waals surface area (Å²) >= 11 is 10.0. The highest BCUT2D eigenvalue weighted by atomic mass is 79.9. The SMILES string of the molecule is COc1cc(Br)c(OCc2cccc(F)c2Br)cc1Br. The van der Waals surface area contributed by atoms with Gasteiger partial charge in [0.05, 0.1) is 20.5 Å². The van der Waals surface area contributed by atoms with Gasteiger partial charge in [-0.2, -0.15) is 0 Å². The Morgan fingerprint density at radius 2 is 1.70 bits per heavy atom. The number of halogens is 4. The number of rotatable bonds is 4. The highest BCUT2D eigenvalue weighted by Gasteiger charge is 2.10. The molecule has 0 aliphatic carbocycles. The van der Waals surface area contributed by atoms with E-state index in [1.165, 1.54) is 6.07 Å². The fourth-order valence-electron chi connectivity index (χ4n) is 1.59. The van der Waals surface area contributed by atoms with Gasteiger partial charge < -0.3 is 9.47 Å². The summed E-state index contributed by atoms with van der Waals surface area (Å²) in [4.78, 5) is 0. The molecule has 106 valence electrons. The smallest absolute Gasteiger partial charge is 0.137 e. The van der Waals surface area contributed by atoms with Gasteiger partial charge in [-0.1, -0.05) is 12.1 Å². The van der Waals surface area contributed by atoms with Gasteiger partial charge in [-0.25, -0.2) is 4.39 Å². The summed E-state index contributed by atoms with van der Waals surface area (Å²) in [6.45, 7) is 0.260. The summed E-state index contributed by atoms with van der Waals surface area (Å²) in [5.41, 5.74) is 0.740. The van der Waals surface area contributed by atoms with E-state index in [9.17, 15) is 4.39 Å². The molecule has 2 rings (SSSR count). The molecule has 2 aromatic carbocycles. The highest BCUT2D eigenvalue weighted by molar-refractivity contribution is 9.11. The van der Waals surface area contributed by atoms with E-state index in [-0.39, 0.29) is 12.4 Å². The van der Waals surface area contributed by atoms with Gasteiger partial charge in [-0.05, 0) is 66.0 Å². The van der Waals surface area contributed by atoms with Crippen LogP contribution in [-0.4, -0.2) is 7.11 Å². The molecule has 20 heavy (non-hydrogen) atoms. The Hall–Kier alpha value is -0.590. The molecule has 0 fully saturated rings. The zero-order chi connectivity index (χ0) is 14.7. The third-order valence-corrected chi connectivity index (χ3v) is 4.75. The van der Waals surface area contributed by atoms with Crippen LogP contribution in [0.4, 0.5) is 4.39 Å². The van der Waals surface area contributed by atoms with Crippen molar-refractivity contribution < 1.29 is 13.9 Å². The lowest BCUT2D eigenvalue weighted by Crippen LogP contribution is -1.99. The van der Waals surface area contributed by atoms with E-state index in [1.54, 1.807) is 31.4 Å². The predicted octanol–water partition coefficient (Wildman–Crippen LogP) is 5.70. The maximum Gasteiger partial charge on any atom is 0.137 e. The quantitative estimate of drug-likeness (QED) is 0.573. The number of methoxy groups -OCH3 is 1. The molecular weight excluding hydrogens is 459 g/mol. The zero-order valence-corrected chi connectivity index (χ0v) is 15.2. The van der Waals surface area contributed by atoms with Crippen LogP contribution in [0.25, 0.3) is 0 Å². The maximum atomic E-state index is 13.4. The topological polar surface area (TPSA) is 18.5 Å². The predicted molar refractivity (Wildman–Crippen MR) is 86.8 cm³/mol. The maximum absolute atomic E-state index is 13.4. The molecule has 6 heteroatoms. The second-order valence-corrected chi connectivity index (χ2v) is 6.42. The first-order valence-corrected chi connectivity index (χ1v) is 7.99. The van der Waals surface area contributed by atoms with E-state index in [1.807, 2.05) is 0 Å². The van der Waals surface area contributed by atoms with Crippen LogP contribution in [-0.2, 0) is 6.61 Å². The lowest BCUT2D eigenvalue weighted by molar-refractivity contribution is 0.301. The van der Waals surface area contributed by atoms with Crippen molar-refractivity contribution in [3.05, 3.63) is 55.1 Å². The average molecular weight is 469 g/mol. The zero-order valence-electron chi connectivity index (χ0n) is 10.4. The molecule has 0 aromatic heterocycles. The van der Waals surface area contributed by atoms with Gasteiger partial charge in [0.25, 0.3) is 0 Å². The van der Waals surface area contributed by atoms with Gasteiger partial charge in [-0.15, -0.1) is 0 Å². The largest absolute Gasteiger partial charge is 0.496 e. The normalized spacial score (nSPS) is 10.4. The van der Waals surface area contributed by atoms with Crippen molar-refractivity contribution in [3.63, 3.8) is 0 Å². The minimum Gasteiger partial charge on any atom is -0.496 e. The fraction of sp³-hybridized carbons (Fsp3) is 0.143. The Morgan fingerprint density at radius 3 is 2.40 bits per heavy atom. The van der Waals surface area contributed by atoms with E-state index in [0.717, 1.165) is 14.5 Å². The number of benzene rings is 2. The Balaban J connectivity index is 2.19. The van der Waals surface area contributed by atoms with Crippen molar-refractivity contribution in [1.29, 1.82) is 0 Å². The molecular formula is C14H10Br3FO2. The molecule has 0 amide bonds. The standard InChI is InChI=1S/C14H10Br3FO2/c1-19-12-5-10(16)13(6-9(12)15)20-7-8-3-2-4-11(18)14(8)17/h2-6H,7H2,1H3. The molecule has 0 radical (unpaired) electrons. The summed E-state index contributed by atoms with van der Waals surface area (Å²) in [7, 11) is 1.59. The molecule has 0 aliphatic rings. The molecule has 0 spiro atoms. The average Bonchev–Trinajstić information content (AvgIpc) is 2.43. The van der Waals surface area contributed by atoms with Crippen LogP contribution in [0.5, 0.6) is 11.5 Å². The second kappa shape index (κ2) is 6.91. The summed E-state index contributed by atoms with van der Waals surface area (Å²) in [6.07, 6.45) is 0. The molecule has 0 bridgehead atoms. The summed E-state index contributed by atoms with van der Waals surface area (Å²) in [6, 6.07) is 8.46. The van der Waals surface area contributed by atoms with Gasteiger partial charge in [0.15, 0.2) is 0 Å². The molecule has 0 saturated carbocycles. The van der Waals surface area contributed by atoms with Gasteiger partial charge in [-0.3, -0.25) is 0 Å². The molecule has 0 atom stereocenters. The number of hydrogen-bond donors (Lipinski definition) is 0. The third-order valence-electron chi connectivity index (χ3n) is 2.62. The summed E-state index contributed by atoms with van der Waals surface area (Å²) < 4.78 is 26.3. The summed E-state index contributed by atoms with van der Waals surface area (Å²) in [5.74, 6) is 1.05. The molecule has 2 nitrogen and oxygen atoms in total. The van der Waals surface area contributed by atoms with Crippen molar-refractivity contribution in [2.75, 3.05) is 7.11 Å². The Kier molecular flexibility index (Phi) is 5.46.